The van der Waals surface area contributed by atoms with Crippen LogP contribution in [0.3, 0.4) is 0 Å². The predicted molar refractivity (Wildman–Crippen MR) is 94.9 cm³/mol. The first-order chi connectivity index (χ1) is 11.7. The van der Waals surface area contributed by atoms with E-state index in [1.807, 2.05) is 12.1 Å². The summed E-state index contributed by atoms with van der Waals surface area (Å²) in [5.74, 6) is 0. The predicted octanol–water partition coefficient (Wildman–Crippen LogP) is 6.35. The van der Waals surface area contributed by atoms with Crippen molar-refractivity contribution < 1.29 is 13.2 Å². The molecule has 0 spiro atoms. The summed E-state index contributed by atoms with van der Waals surface area (Å²) < 4.78 is 38.5. The standard InChI is InChI=1S/C19H18Cl2F3N/c1-12(2-3-13-4-7-17(20)18(21)8-13)25-10-14-5-6-16(19(22,23)24)9-15(14)11-25/h4-9,12H,2-3,10-11H2,1H3. The van der Waals surface area contributed by atoms with Gasteiger partial charge in [-0.05, 0) is 60.7 Å². The minimum Gasteiger partial charge on any atom is -0.292 e. The summed E-state index contributed by atoms with van der Waals surface area (Å²) in [6.07, 6.45) is -2.54. The van der Waals surface area contributed by atoms with E-state index in [0.717, 1.165) is 29.5 Å². The van der Waals surface area contributed by atoms with Crippen LogP contribution < -0.4 is 0 Å². The van der Waals surface area contributed by atoms with E-state index in [2.05, 4.69) is 11.8 Å². The van der Waals surface area contributed by atoms with Crippen molar-refractivity contribution in [1.82, 2.24) is 4.90 Å². The van der Waals surface area contributed by atoms with Crippen LogP contribution in [0, 0.1) is 0 Å². The quantitative estimate of drug-likeness (QED) is 0.590. The smallest absolute Gasteiger partial charge is 0.292 e. The highest BCUT2D eigenvalue weighted by atomic mass is 35.5. The molecule has 1 atom stereocenters. The van der Waals surface area contributed by atoms with Gasteiger partial charge in [0.15, 0.2) is 0 Å². The van der Waals surface area contributed by atoms with E-state index in [1.165, 1.54) is 12.1 Å². The molecule has 3 rings (SSSR count). The summed E-state index contributed by atoms with van der Waals surface area (Å²) in [6.45, 7) is 3.35. The molecule has 0 saturated carbocycles. The van der Waals surface area contributed by atoms with Gasteiger partial charge in [0, 0.05) is 19.1 Å². The van der Waals surface area contributed by atoms with E-state index in [0.29, 0.717) is 23.1 Å². The Hall–Kier alpha value is -1.23. The number of halogens is 5. The molecule has 0 amide bonds. The van der Waals surface area contributed by atoms with Gasteiger partial charge in [-0.2, -0.15) is 13.2 Å². The molecular weight excluding hydrogens is 370 g/mol. The second kappa shape index (κ2) is 7.18. The Kier molecular flexibility index (Phi) is 5.33. The molecule has 0 saturated heterocycles. The Morgan fingerprint density at radius 1 is 1.00 bits per heavy atom. The number of rotatable bonds is 4. The molecule has 1 heterocycles. The van der Waals surface area contributed by atoms with E-state index in [-0.39, 0.29) is 6.04 Å². The molecule has 0 bridgehead atoms. The highest BCUT2D eigenvalue weighted by Gasteiger charge is 2.32. The summed E-state index contributed by atoms with van der Waals surface area (Å²) in [7, 11) is 0. The van der Waals surface area contributed by atoms with E-state index in [9.17, 15) is 13.2 Å². The van der Waals surface area contributed by atoms with Crippen LogP contribution in [0.1, 0.15) is 35.6 Å². The number of fused-ring (bicyclic) bond motifs is 1. The van der Waals surface area contributed by atoms with Crippen LogP contribution in [0.4, 0.5) is 13.2 Å². The average Bonchev–Trinajstić information content (AvgIpc) is 2.98. The van der Waals surface area contributed by atoms with Gasteiger partial charge in [0.2, 0.25) is 0 Å². The molecule has 1 aliphatic rings. The van der Waals surface area contributed by atoms with Crippen molar-refractivity contribution in [3.8, 4) is 0 Å². The van der Waals surface area contributed by atoms with Gasteiger partial charge < -0.3 is 0 Å². The van der Waals surface area contributed by atoms with Gasteiger partial charge in [0.05, 0.1) is 15.6 Å². The monoisotopic (exact) mass is 387 g/mol. The summed E-state index contributed by atoms with van der Waals surface area (Å²) >= 11 is 12.0. The normalized spacial score (nSPS) is 16.1. The van der Waals surface area contributed by atoms with Crippen molar-refractivity contribution in [1.29, 1.82) is 0 Å². The molecule has 0 aliphatic carbocycles. The number of aryl methyl sites for hydroxylation is 1. The maximum absolute atomic E-state index is 12.8. The first-order valence-electron chi connectivity index (χ1n) is 8.11. The lowest BCUT2D eigenvalue weighted by Gasteiger charge is -2.23. The Balaban J connectivity index is 1.62. The van der Waals surface area contributed by atoms with Gasteiger partial charge in [-0.3, -0.25) is 4.90 Å². The summed E-state index contributed by atoms with van der Waals surface area (Å²) in [5.41, 5.74) is 2.29. The molecule has 134 valence electrons. The highest BCUT2D eigenvalue weighted by molar-refractivity contribution is 6.42. The molecule has 0 aromatic heterocycles. The maximum atomic E-state index is 12.8. The van der Waals surface area contributed by atoms with Crippen molar-refractivity contribution >= 4 is 23.2 Å². The molecule has 2 aromatic carbocycles. The van der Waals surface area contributed by atoms with Crippen LogP contribution in [-0.2, 0) is 25.7 Å². The third-order valence-corrected chi connectivity index (χ3v) is 5.48. The molecule has 6 heteroatoms. The van der Waals surface area contributed by atoms with Crippen LogP contribution in [0.2, 0.25) is 10.0 Å². The molecule has 2 aromatic rings. The van der Waals surface area contributed by atoms with E-state index in [1.54, 1.807) is 12.1 Å². The van der Waals surface area contributed by atoms with Crippen molar-refractivity contribution in [2.45, 2.75) is 45.1 Å². The van der Waals surface area contributed by atoms with Crippen molar-refractivity contribution in [2.75, 3.05) is 0 Å². The lowest BCUT2D eigenvalue weighted by Crippen LogP contribution is -2.28. The topological polar surface area (TPSA) is 3.24 Å². The van der Waals surface area contributed by atoms with Crippen LogP contribution >= 0.6 is 23.2 Å². The van der Waals surface area contributed by atoms with Crippen molar-refractivity contribution in [3.63, 3.8) is 0 Å². The van der Waals surface area contributed by atoms with E-state index in [4.69, 9.17) is 23.2 Å². The lowest BCUT2D eigenvalue weighted by molar-refractivity contribution is -0.137. The van der Waals surface area contributed by atoms with Crippen LogP contribution in [0.25, 0.3) is 0 Å². The van der Waals surface area contributed by atoms with Gasteiger partial charge >= 0.3 is 6.18 Å². The SMILES string of the molecule is CC(CCc1ccc(Cl)c(Cl)c1)N1Cc2ccc(C(F)(F)F)cc2C1. The fourth-order valence-corrected chi connectivity index (χ4v) is 3.48. The molecule has 1 nitrogen and oxygen atoms in total. The molecule has 0 N–H and O–H groups in total. The zero-order chi connectivity index (χ0) is 18.2. The molecule has 0 fully saturated rings. The zero-order valence-electron chi connectivity index (χ0n) is 13.7. The third kappa shape index (κ3) is 4.30. The number of alkyl halides is 3. The minimum absolute atomic E-state index is 0.260. The summed E-state index contributed by atoms with van der Waals surface area (Å²) in [5, 5.41) is 1.08. The van der Waals surface area contributed by atoms with Gasteiger partial charge in [-0.15, -0.1) is 0 Å². The summed E-state index contributed by atoms with van der Waals surface area (Å²) in [4.78, 5) is 2.21. The van der Waals surface area contributed by atoms with E-state index < -0.39 is 11.7 Å². The molecule has 0 radical (unpaired) electrons. The van der Waals surface area contributed by atoms with Gasteiger partial charge in [0.1, 0.15) is 0 Å². The average molecular weight is 388 g/mol. The summed E-state index contributed by atoms with van der Waals surface area (Å²) in [6, 6.07) is 9.92. The maximum Gasteiger partial charge on any atom is 0.416 e. The van der Waals surface area contributed by atoms with Gasteiger partial charge in [0.25, 0.3) is 0 Å². The Morgan fingerprint density at radius 3 is 2.40 bits per heavy atom. The Morgan fingerprint density at radius 2 is 1.72 bits per heavy atom. The first-order valence-corrected chi connectivity index (χ1v) is 8.86. The Bertz CT molecular complexity index is 774. The number of hydrogen-bond donors (Lipinski definition) is 0. The number of benzene rings is 2. The molecule has 1 unspecified atom stereocenters. The van der Waals surface area contributed by atoms with Crippen LogP contribution in [0.15, 0.2) is 36.4 Å². The number of nitrogens with zero attached hydrogens (tertiary/aromatic N) is 1. The highest BCUT2D eigenvalue weighted by Crippen LogP contribution is 2.34. The van der Waals surface area contributed by atoms with Crippen LogP contribution in [0.5, 0.6) is 0 Å². The number of hydrogen-bond acceptors (Lipinski definition) is 1. The fourth-order valence-electron chi connectivity index (χ4n) is 3.16. The van der Waals surface area contributed by atoms with Gasteiger partial charge in [-0.25, -0.2) is 0 Å². The van der Waals surface area contributed by atoms with Crippen molar-refractivity contribution in [3.05, 3.63) is 68.7 Å². The van der Waals surface area contributed by atoms with E-state index >= 15 is 0 Å². The lowest BCUT2D eigenvalue weighted by atomic mass is 10.1. The third-order valence-electron chi connectivity index (χ3n) is 4.74. The Labute approximate surface area is 155 Å². The first kappa shape index (κ1) is 18.6. The second-order valence-electron chi connectivity index (χ2n) is 6.52. The van der Waals surface area contributed by atoms with Crippen molar-refractivity contribution in [2.24, 2.45) is 0 Å². The minimum atomic E-state index is -4.29. The zero-order valence-corrected chi connectivity index (χ0v) is 15.2. The molecule has 1 aliphatic heterocycles. The molecule has 25 heavy (non-hydrogen) atoms. The van der Waals surface area contributed by atoms with Gasteiger partial charge in [-0.1, -0.05) is 35.3 Å². The fraction of sp³-hybridized carbons (Fsp3) is 0.368. The largest absolute Gasteiger partial charge is 0.416 e. The van der Waals surface area contributed by atoms with Crippen LogP contribution in [-0.4, -0.2) is 10.9 Å². The molecular formula is C19H18Cl2F3N. The second-order valence-corrected chi connectivity index (χ2v) is 7.34.